The van der Waals surface area contributed by atoms with E-state index in [0.717, 1.165) is 11.1 Å². The van der Waals surface area contributed by atoms with Crippen molar-refractivity contribution >= 4 is 23.5 Å². The number of amides is 2. The van der Waals surface area contributed by atoms with E-state index in [2.05, 4.69) is 10.3 Å². The lowest BCUT2D eigenvalue weighted by atomic mass is 9.92. The Hall–Kier alpha value is -4.60. The van der Waals surface area contributed by atoms with Crippen LogP contribution in [0.2, 0.25) is 0 Å². The van der Waals surface area contributed by atoms with Crippen LogP contribution in [0, 0.1) is 23.0 Å². The number of aryl methyl sites for hydroxylation is 1. The van der Waals surface area contributed by atoms with Crippen molar-refractivity contribution in [1.82, 2.24) is 15.2 Å². The molecule has 1 aromatic heterocycles. The maximum Gasteiger partial charge on any atom is 0.311 e. The Morgan fingerprint density at radius 1 is 1.11 bits per heavy atom. The molecule has 4 rings (SSSR count). The van der Waals surface area contributed by atoms with Crippen LogP contribution in [0.25, 0.3) is 0 Å². The summed E-state index contributed by atoms with van der Waals surface area (Å²) < 4.78 is 5.00. The van der Waals surface area contributed by atoms with Crippen LogP contribution in [0.4, 0.5) is 5.69 Å². The number of carbonyl (C=O) groups excluding carboxylic acids is 3. The number of nitro benzene ring substituents is 1. The van der Waals surface area contributed by atoms with Crippen LogP contribution in [0.1, 0.15) is 39.5 Å². The lowest BCUT2D eigenvalue weighted by Gasteiger charge is -2.31. The zero-order valence-corrected chi connectivity index (χ0v) is 20.4. The molecule has 3 atom stereocenters. The molecule has 0 spiro atoms. The first-order chi connectivity index (χ1) is 17.8. The number of nitro groups is 1. The summed E-state index contributed by atoms with van der Waals surface area (Å²) in [6.07, 6.45) is 2.80. The van der Waals surface area contributed by atoms with Crippen molar-refractivity contribution in [3.8, 4) is 0 Å². The predicted octanol–water partition coefficient (Wildman–Crippen LogP) is 3.36. The average Bonchev–Trinajstić information content (AvgIpc) is 3.32. The smallest absolute Gasteiger partial charge is 0.311 e. The highest BCUT2D eigenvalue weighted by molar-refractivity contribution is 5.99. The summed E-state index contributed by atoms with van der Waals surface area (Å²) >= 11 is 0. The first-order valence-corrected chi connectivity index (χ1v) is 11.7. The molecule has 2 heterocycles. The van der Waals surface area contributed by atoms with E-state index in [4.69, 9.17) is 4.74 Å². The highest BCUT2D eigenvalue weighted by Gasteiger charge is 2.52. The minimum absolute atomic E-state index is 0.0604. The van der Waals surface area contributed by atoms with E-state index in [1.807, 2.05) is 31.2 Å². The molecule has 3 unspecified atom stereocenters. The van der Waals surface area contributed by atoms with Crippen LogP contribution >= 0.6 is 0 Å². The molecule has 2 amide bonds. The molecule has 1 aliphatic heterocycles. The van der Waals surface area contributed by atoms with E-state index in [1.54, 1.807) is 18.2 Å². The second-order valence-electron chi connectivity index (χ2n) is 8.80. The maximum absolute atomic E-state index is 13.8. The van der Waals surface area contributed by atoms with E-state index < -0.39 is 40.7 Å². The molecule has 0 radical (unpaired) electrons. The number of esters is 1. The Morgan fingerprint density at radius 2 is 1.84 bits per heavy atom. The van der Waals surface area contributed by atoms with Crippen LogP contribution in [-0.4, -0.2) is 45.7 Å². The van der Waals surface area contributed by atoms with Crippen molar-refractivity contribution < 1.29 is 24.0 Å². The van der Waals surface area contributed by atoms with Gasteiger partial charge in [-0.05, 0) is 31.0 Å². The molecule has 1 aliphatic rings. The Bertz CT molecular complexity index is 1310. The summed E-state index contributed by atoms with van der Waals surface area (Å²) in [5.74, 6) is -2.71. The summed E-state index contributed by atoms with van der Waals surface area (Å²) in [7, 11) is 1.21. The fourth-order valence-electron chi connectivity index (χ4n) is 4.67. The van der Waals surface area contributed by atoms with Crippen LogP contribution in [-0.2, 0) is 20.9 Å². The highest BCUT2D eigenvalue weighted by Crippen LogP contribution is 2.45. The minimum atomic E-state index is -1.10. The van der Waals surface area contributed by atoms with E-state index in [-0.39, 0.29) is 29.8 Å². The number of hydrogen-bond acceptors (Lipinski definition) is 7. The van der Waals surface area contributed by atoms with E-state index in [0.29, 0.717) is 0 Å². The van der Waals surface area contributed by atoms with Gasteiger partial charge in [-0.1, -0.05) is 48.0 Å². The zero-order chi connectivity index (χ0) is 26.5. The normalized spacial score (nSPS) is 18.8. The molecule has 1 N–H and O–H groups in total. The minimum Gasteiger partial charge on any atom is -0.469 e. The number of nitrogens with one attached hydrogen (secondary N) is 1. The summed E-state index contributed by atoms with van der Waals surface area (Å²) in [6, 6.07) is 14.5. The van der Waals surface area contributed by atoms with E-state index in [1.165, 1.54) is 42.6 Å². The van der Waals surface area contributed by atoms with E-state index in [9.17, 15) is 24.5 Å². The lowest BCUT2D eigenvalue weighted by Crippen LogP contribution is -2.46. The predicted molar refractivity (Wildman–Crippen MR) is 133 cm³/mol. The Balaban J connectivity index is 1.77. The van der Waals surface area contributed by atoms with E-state index >= 15 is 0 Å². The topological polar surface area (TPSA) is 132 Å². The standard InChI is InChI=1S/C27H26N4O6/c1-17-9-11-18(12-10-17)15-29-25(32)23-14-21(27(34)37-2)24(20-7-3-4-8-22(20)31(35)36)30(23)26(33)19-6-5-13-28-16-19/h3-13,16,21,23-24H,14-15H2,1-2H3,(H,29,32). The number of carbonyl (C=O) groups is 3. The van der Waals surface area contributed by atoms with Gasteiger partial charge in [0.1, 0.15) is 6.04 Å². The number of hydrogen-bond donors (Lipinski definition) is 1. The Morgan fingerprint density at radius 3 is 2.49 bits per heavy atom. The number of aromatic nitrogens is 1. The number of pyridine rings is 1. The van der Waals surface area contributed by atoms with Gasteiger partial charge in [0.25, 0.3) is 11.6 Å². The SMILES string of the molecule is COC(=O)C1CC(C(=O)NCc2ccc(C)cc2)N(C(=O)c2cccnc2)C1c1ccccc1[N+](=O)[O-]. The summed E-state index contributed by atoms with van der Waals surface area (Å²) in [6.45, 7) is 2.17. The molecular weight excluding hydrogens is 476 g/mol. The first-order valence-electron chi connectivity index (χ1n) is 11.7. The van der Waals surface area contributed by atoms with Crippen molar-refractivity contribution in [2.24, 2.45) is 5.92 Å². The van der Waals surface area contributed by atoms with Gasteiger partial charge in [-0.25, -0.2) is 0 Å². The maximum atomic E-state index is 13.8. The summed E-state index contributed by atoms with van der Waals surface area (Å²) in [5.41, 5.74) is 2.02. The third-order valence-electron chi connectivity index (χ3n) is 6.48. The second-order valence-corrected chi connectivity index (χ2v) is 8.80. The number of likely N-dealkylation sites (tertiary alicyclic amines) is 1. The van der Waals surface area contributed by atoms with Gasteiger partial charge in [0.2, 0.25) is 5.91 Å². The molecule has 3 aromatic rings. The number of rotatable bonds is 7. The molecule has 1 fully saturated rings. The van der Waals surface area contributed by atoms with Gasteiger partial charge in [-0.2, -0.15) is 0 Å². The number of nitrogens with zero attached hydrogens (tertiary/aromatic N) is 3. The van der Waals surface area contributed by atoms with Crippen LogP contribution in [0.15, 0.2) is 73.1 Å². The van der Waals surface area contributed by atoms with Gasteiger partial charge in [-0.3, -0.25) is 29.5 Å². The van der Waals surface area contributed by atoms with Gasteiger partial charge in [0.05, 0.1) is 35.1 Å². The Labute approximate surface area is 213 Å². The lowest BCUT2D eigenvalue weighted by molar-refractivity contribution is -0.386. The van der Waals surface area contributed by atoms with Crippen molar-refractivity contribution in [2.75, 3.05) is 7.11 Å². The van der Waals surface area contributed by atoms with Crippen molar-refractivity contribution in [1.29, 1.82) is 0 Å². The van der Waals surface area contributed by atoms with Crippen LogP contribution < -0.4 is 5.32 Å². The second kappa shape index (κ2) is 11.0. The molecule has 2 aromatic carbocycles. The Kier molecular flexibility index (Phi) is 7.57. The van der Waals surface area contributed by atoms with Gasteiger partial charge in [0, 0.05) is 25.0 Å². The highest BCUT2D eigenvalue weighted by atomic mass is 16.6. The van der Waals surface area contributed by atoms with Gasteiger partial charge in [0.15, 0.2) is 0 Å². The molecule has 10 heteroatoms. The number of para-hydroxylation sites is 1. The van der Waals surface area contributed by atoms with Gasteiger partial charge >= 0.3 is 5.97 Å². The molecule has 10 nitrogen and oxygen atoms in total. The summed E-state index contributed by atoms with van der Waals surface area (Å²) in [4.78, 5) is 56.7. The molecule has 0 aliphatic carbocycles. The fraction of sp³-hybridized carbons (Fsp3) is 0.259. The third-order valence-corrected chi connectivity index (χ3v) is 6.48. The van der Waals surface area contributed by atoms with Gasteiger partial charge < -0.3 is 15.0 Å². The number of benzene rings is 2. The molecule has 0 bridgehead atoms. The molecule has 1 saturated heterocycles. The quantitative estimate of drug-likeness (QED) is 0.298. The molecule has 0 saturated carbocycles. The monoisotopic (exact) mass is 502 g/mol. The third kappa shape index (κ3) is 5.32. The first kappa shape index (κ1) is 25.5. The van der Waals surface area contributed by atoms with Crippen molar-refractivity contribution in [3.05, 3.63) is 105 Å². The fourth-order valence-corrected chi connectivity index (χ4v) is 4.67. The summed E-state index contributed by atoms with van der Waals surface area (Å²) in [5, 5.41) is 14.7. The molecule has 190 valence electrons. The average molecular weight is 503 g/mol. The van der Waals surface area contributed by atoms with Crippen LogP contribution in [0.3, 0.4) is 0 Å². The van der Waals surface area contributed by atoms with Crippen LogP contribution in [0.5, 0.6) is 0 Å². The van der Waals surface area contributed by atoms with Crippen molar-refractivity contribution in [2.45, 2.75) is 32.0 Å². The van der Waals surface area contributed by atoms with Crippen molar-refractivity contribution in [3.63, 3.8) is 0 Å². The number of methoxy groups -OCH3 is 1. The zero-order valence-electron chi connectivity index (χ0n) is 20.4. The molecular formula is C27H26N4O6. The van der Waals surface area contributed by atoms with Gasteiger partial charge in [-0.15, -0.1) is 0 Å². The largest absolute Gasteiger partial charge is 0.469 e. The molecule has 37 heavy (non-hydrogen) atoms. The number of ether oxygens (including phenoxy) is 1.